The Morgan fingerprint density at radius 1 is 0.315 bits per heavy atom. The van der Waals surface area contributed by atoms with Crippen LogP contribution in [0, 0.1) is 0 Å². The zero-order valence-electron chi connectivity index (χ0n) is 29.6. The molecule has 2 nitrogen and oxygen atoms in total. The fraction of sp³-hybridized carbons (Fsp3) is 0. The minimum absolute atomic E-state index is 0.865. The molecule has 1 heterocycles. The lowest BCUT2D eigenvalue weighted by molar-refractivity contribution is 0.669. The summed E-state index contributed by atoms with van der Waals surface area (Å²) < 4.78 is 6.56. The third-order valence-corrected chi connectivity index (χ3v) is 10.5. The fourth-order valence-electron chi connectivity index (χ4n) is 7.96. The van der Waals surface area contributed by atoms with Gasteiger partial charge in [-0.3, -0.25) is 0 Å². The van der Waals surface area contributed by atoms with E-state index in [0.717, 1.165) is 50.1 Å². The van der Waals surface area contributed by atoms with Crippen LogP contribution in [0.15, 0.2) is 217 Å². The van der Waals surface area contributed by atoms with E-state index in [0.29, 0.717) is 0 Å². The average molecular weight is 690 g/mol. The van der Waals surface area contributed by atoms with Gasteiger partial charge in [0.1, 0.15) is 11.2 Å². The molecule has 0 unspecified atom stereocenters. The van der Waals surface area contributed by atoms with Crippen molar-refractivity contribution in [3.05, 3.63) is 212 Å². The number of furan rings is 1. The van der Waals surface area contributed by atoms with Crippen molar-refractivity contribution >= 4 is 49.8 Å². The Hall–Kier alpha value is -7.16. The molecule has 254 valence electrons. The summed E-state index contributed by atoms with van der Waals surface area (Å²) in [4.78, 5) is 2.44. The molecule has 0 spiro atoms. The number of anilines is 3. The van der Waals surface area contributed by atoms with Crippen LogP contribution in [-0.2, 0) is 0 Å². The minimum Gasteiger partial charge on any atom is -0.456 e. The molecule has 0 saturated heterocycles. The van der Waals surface area contributed by atoms with Crippen LogP contribution in [0.2, 0.25) is 0 Å². The van der Waals surface area contributed by atoms with Crippen LogP contribution < -0.4 is 4.90 Å². The van der Waals surface area contributed by atoms with Crippen LogP contribution in [-0.4, -0.2) is 0 Å². The SMILES string of the molecule is c1ccc(-c2ccc(N(c3ccc4oc5ccccc5c4c3-c3cccc(-c4ccccc4)c3)c3ccc(-c4ccccc4)c4ccccc34)cc2)cc1. The first-order valence-corrected chi connectivity index (χ1v) is 18.4. The predicted molar refractivity (Wildman–Crippen MR) is 228 cm³/mol. The molecule has 9 aromatic carbocycles. The first kappa shape index (κ1) is 31.6. The standard InChI is InChI=1S/C52H35NO/c1-4-15-36(16-5-1)38-27-29-42(30-28-38)53(47-32-31-43(39-19-8-3-9-20-39)44-23-10-11-24-45(44)47)48-33-34-50-52(46-25-12-13-26-49(46)54-50)51(48)41-22-14-21-40(35-41)37-17-6-2-7-18-37/h1-35H. The van der Waals surface area contributed by atoms with Crippen LogP contribution in [0.5, 0.6) is 0 Å². The third kappa shape index (κ3) is 5.53. The molecule has 1 aromatic heterocycles. The maximum Gasteiger partial charge on any atom is 0.136 e. The number of hydrogen-bond acceptors (Lipinski definition) is 2. The maximum atomic E-state index is 6.56. The van der Waals surface area contributed by atoms with Gasteiger partial charge < -0.3 is 9.32 Å². The lowest BCUT2D eigenvalue weighted by Gasteiger charge is -2.30. The number of rotatable bonds is 7. The average Bonchev–Trinajstić information content (AvgIpc) is 3.64. The first-order chi connectivity index (χ1) is 26.8. The second kappa shape index (κ2) is 13.4. The van der Waals surface area contributed by atoms with Crippen LogP contribution in [0.4, 0.5) is 17.1 Å². The predicted octanol–water partition coefficient (Wildman–Crippen LogP) is 14.9. The Balaban J connectivity index is 1.28. The van der Waals surface area contributed by atoms with E-state index in [4.69, 9.17) is 4.42 Å². The Morgan fingerprint density at radius 2 is 0.852 bits per heavy atom. The molecule has 10 rings (SSSR count). The van der Waals surface area contributed by atoms with E-state index < -0.39 is 0 Å². The molecule has 0 saturated carbocycles. The Kier molecular flexibility index (Phi) is 7.85. The Bertz CT molecular complexity index is 2910. The molecule has 0 fully saturated rings. The summed E-state index contributed by atoms with van der Waals surface area (Å²) in [5.74, 6) is 0. The van der Waals surface area contributed by atoms with Crippen molar-refractivity contribution in [2.45, 2.75) is 0 Å². The lowest BCUT2D eigenvalue weighted by Crippen LogP contribution is -2.12. The minimum atomic E-state index is 0.865. The van der Waals surface area contributed by atoms with Crippen LogP contribution in [0.25, 0.3) is 77.2 Å². The van der Waals surface area contributed by atoms with Gasteiger partial charge in [0, 0.05) is 27.4 Å². The summed E-state index contributed by atoms with van der Waals surface area (Å²) in [6.07, 6.45) is 0. The molecule has 0 aliphatic heterocycles. The summed E-state index contributed by atoms with van der Waals surface area (Å²) in [5.41, 5.74) is 14.4. The van der Waals surface area contributed by atoms with E-state index in [9.17, 15) is 0 Å². The summed E-state index contributed by atoms with van der Waals surface area (Å²) in [5, 5.41) is 4.57. The lowest BCUT2D eigenvalue weighted by atomic mass is 9.92. The van der Waals surface area contributed by atoms with Gasteiger partial charge in [0.2, 0.25) is 0 Å². The topological polar surface area (TPSA) is 16.4 Å². The first-order valence-electron chi connectivity index (χ1n) is 18.4. The van der Waals surface area contributed by atoms with Crippen molar-refractivity contribution in [1.29, 1.82) is 0 Å². The van der Waals surface area contributed by atoms with Gasteiger partial charge >= 0.3 is 0 Å². The molecular formula is C52H35NO. The van der Waals surface area contributed by atoms with Gasteiger partial charge in [0.05, 0.1) is 11.4 Å². The molecule has 54 heavy (non-hydrogen) atoms. The van der Waals surface area contributed by atoms with Crippen molar-refractivity contribution in [1.82, 2.24) is 0 Å². The molecule has 10 aromatic rings. The molecule has 0 aliphatic rings. The van der Waals surface area contributed by atoms with Gasteiger partial charge in [0.25, 0.3) is 0 Å². The fourth-order valence-corrected chi connectivity index (χ4v) is 7.96. The van der Waals surface area contributed by atoms with E-state index in [1.807, 2.05) is 6.07 Å². The molecular weight excluding hydrogens is 655 g/mol. The highest BCUT2D eigenvalue weighted by Crippen LogP contribution is 2.49. The van der Waals surface area contributed by atoms with Gasteiger partial charge in [0.15, 0.2) is 0 Å². The Labute approximate surface area is 314 Å². The van der Waals surface area contributed by atoms with Crippen LogP contribution >= 0.6 is 0 Å². The maximum absolute atomic E-state index is 6.56. The zero-order chi connectivity index (χ0) is 35.8. The largest absolute Gasteiger partial charge is 0.456 e. The highest BCUT2D eigenvalue weighted by molar-refractivity contribution is 6.17. The van der Waals surface area contributed by atoms with Gasteiger partial charge in [-0.25, -0.2) is 0 Å². The van der Waals surface area contributed by atoms with Crippen molar-refractivity contribution in [3.63, 3.8) is 0 Å². The second-order valence-corrected chi connectivity index (χ2v) is 13.7. The molecule has 0 amide bonds. The van der Waals surface area contributed by atoms with Crippen molar-refractivity contribution in [3.8, 4) is 44.5 Å². The highest BCUT2D eigenvalue weighted by Gasteiger charge is 2.24. The van der Waals surface area contributed by atoms with Gasteiger partial charge in [-0.15, -0.1) is 0 Å². The molecule has 2 heteroatoms. The van der Waals surface area contributed by atoms with Gasteiger partial charge in [-0.2, -0.15) is 0 Å². The van der Waals surface area contributed by atoms with Crippen molar-refractivity contribution < 1.29 is 4.42 Å². The van der Waals surface area contributed by atoms with E-state index in [-0.39, 0.29) is 0 Å². The molecule has 0 bridgehead atoms. The molecule has 0 aliphatic carbocycles. The van der Waals surface area contributed by atoms with Crippen LogP contribution in [0.1, 0.15) is 0 Å². The number of hydrogen-bond donors (Lipinski definition) is 0. The highest BCUT2D eigenvalue weighted by atomic mass is 16.3. The van der Waals surface area contributed by atoms with Gasteiger partial charge in [-0.05, 0) is 86.8 Å². The molecule has 0 radical (unpaired) electrons. The molecule has 0 N–H and O–H groups in total. The zero-order valence-corrected chi connectivity index (χ0v) is 29.6. The van der Waals surface area contributed by atoms with Gasteiger partial charge in [-0.1, -0.05) is 170 Å². The second-order valence-electron chi connectivity index (χ2n) is 13.7. The Morgan fingerprint density at radius 3 is 1.57 bits per heavy atom. The molecule has 0 atom stereocenters. The van der Waals surface area contributed by atoms with E-state index in [2.05, 4.69) is 211 Å². The summed E-state index contributed by atoms with van der Waals surface area (Å²) in [7, 11) is 0. The van der Waals surface area contributed by atoms with E-state index in [1.165, 1.54) is 44.2 Å². The van der Waals surface area contributed by atoms with E-state index in [1.54, 1.807) is 0 Å². The van der Waals surface area contributed by atoms with Crippen molar-refractivity contribution in [2.75, 3.05) is 4.90 Å². The smallest absolute Gasteiger partial charge is 0.136 e. The number of para-hydroxylation sites is 1. The summed E-state index contributed by atoms with van der Waals surface area (Å²) in [6, 6.07) is 75.9. The van der Waals surface area contributed by atoms with Crippen LogP contribution in [0.3, 0.4) is 0 Å². The number of nitrogens with zero attached hydrogens (tertiary/aromatic N) is 1. The number of fused-ring (bicyclic) bond motifs is 4. The monoisotopic (exact) mass is 689 g/mol. The summed E-state index contributed by atoms with van der Waals surface area (Å²) in [6.45, 7) is 0. The number of benzene rings is 9. The quantitative estimate of drug-likeness (QED) is 0.166. The summed E-state index contributed by atoms with van der Waals surface area (Å²) >= 11 is 0. The van der Waals surface area contributed by atoms with Crippen molar-refractivity contribution in [2.24, 2.45) is 0 Å². The van der Waals surface area contributed by atoms with E-state index >= 15 is 0 Å². The normalized spacial score (nSPS) is 11.3. The third-order valence-electron chi connectivity index (χ3n) is 10.5.